The fourth-order valence-electron chi connectivity index (χ4n) is 3.70. The van der Waals surface area contributed by atoms with Crippen molar-refractivity contribution < 1.29 is 4.79 Å². The lowest BCUT2D eigenvalue weighted by molar-refractivity contribution is 0.0761. The zero-order valence-electron chi connectivity index (χ0n) is 16.0. The third-order valence-corrected chi connectivity index (χ3v) is 5.51. The van der Waals surface area contributed by atoms with Gasteiger partial charge in [0.25, 0.3) is 5.91 Å². The number of carbonyl (C=O) groups is 1. The number of fused-ring (bicyclic) bond motifs is 1. The summed E-state index contributed by atoms with van der Waals surface area (Å²) in [4.78, 5) is 17.4. The lowest BCUT2D eigenvalue weighted by Crippen LogP contribution is -2.35. The number of rotatable bonds is 4. The van der Waals surface area contributed by atoms with Crippen LogP contribution in [0.15, 0.2) is 42.5 Å². The highest BCUT2D eigenvalue weighted by atomic mass is 35.5. The van der Waals surface area contributed by atoms with Crippen molar-refractivity contribution in [3.05, 3.63) is 58.6 Å². The van der Waals surface area contributed by atoms with Crippen molar-refractivity contribution in [2.24, 2.45) is 0 Å². The summed E-state index contributed by atoms with van der Waals surface area (Å²) in [6.45, 7) is 7.02. The topological polar surface area (TPSA) is 54.3 Å². The second-order valence-corrected chi connectivity index (χ2v) is 7.59. The van der Waals surface area contributed by atoms with Gasteiger partial charge in [0.2, 0.25) is 0 Å². The van der Waals surface area contributed by atoms with Gasteiger partial charge in [-0.15, -0.1) is 5.10 Å². The second-order valence-electron chi connectivity index (χ2n) is 7.16. The van der Waals surface area contributed by atoms with Crippen molar-refractivity contribution in [2.45, 2.75) is 26.4 Å². The van der Waals surface area contributed by atoms with Gasteiger partial charge in [-0.1, -0.05) is 28.9 Å². The van der Waals surface area contributed by atoms with Crippen LogP contribution in [0.2, 0.25) is 5.02 Å². The molecule has 2 heterocycles. The van der Waals surface area contributed by atoms with Gasteiger partial charge in [0.15, 0.2) is 0 Å². The van der Waals surface area contributed by atoms with Gasteiger partial charge in [0.05, 0.1) is 5.52 Å². The molecular formula is C21H24ClN5O. The Bertz CT molecular complexity index is 969. The highest BCUT2D eigenvalue weighted by Crippen LogP contribution is 2.17. The first-order valence-corrected chi connectivity index (χ1v) is 10.1. The van der Waals surface area contributed by atoms with Gasteiger partial charge in [-0.25, -0.2) is 4.68 Å². The van der Waals surface area contributed by atoms with Crippen LogP contribution in [-0.4, -0.2) is 56.9 Å². The minimum atomic E-state index is 0.0706. The molecule has 0 saturated carbocycles. The number of benzene rings is 2. The minimum Gasteiger partial charge on any atom is -0.337 e. The number of carbonyl (C=O) groups excluding carboxylic acids is 1. The number of aryl methyl sites for hydroxylation is 1. The van der Waals surface area contributed by atoms with Crippen LogP contribution in [-0.2, 0) is 13.1 Å². The van der Waals surface area contributed by atoms with Crippen LogP contribution in [0.1, 0.15) is 29.3 Å². The van der Waals surface area contributed by atoms with Crippen LogP contribution in [0.25, 0.3) is 11.0 Å². The molecule has 0 aliphatic carbocycles. The molecule has 1 aromatic heterocycles. The van der Waals surface area contributed by atoms with Crippen LogP contribution in [0, 0.1) is 0 Å². The molecule has 28 heavy (non-hydrogen) atoms. The van der Waals surface area contributed by atoms with Crippen molar-refractivity contribution in [2.75, 3.05) is 26.2 Å². The summed E-state index contributed by atoms with van der Waals surface area (Å²) in [5.74, 6) is 0.0706. The summed E-state index contributed by atoms with van der Waals surface area (Å²) in [6, 6.07) is 13.7. The van der Waals surface area contributed by atoms with E-state index in [1.54, 1.807) is 0 Å². The van der Waals surface area contributed by atoms with Gasteiger partial charge in [-0.2, -0.15) is 0 Å². The molecule has 4 rings (SSSR count). The van der Waals surface area contributed by atoms with Gasteiger partial charge >= 0.3 is 0 Å². The lowest BCUT2D eigenvalue weighted by atomic mass is 10.1. The maximum Gasteiger partial charge on any atom is 0.253 e. The summed E-state index contributed by atoms with van der Waals surface area (Å²) >= 11 is 5.97. The van der Waals surface area contributed by atoms with E-state index >= 15 is 0 Å². The molecule has 0 N–H and O–H groups in total. The van der Waals surface area contributed by atoms with Crippen LogP contribution in [0.3, 0.4) is 0 Å². The Kier molecular flexibility index (Phi) is 5.59. The van der Waals surface area contributed by atoms with Crippen molar-refractivity contribution in [1.29, 1.82) is 0 Å². The molecule has 0 spiro atoms. The van der Waals surface area contributed by atoms with Crippen LogP contribution in [0.4, 0.5) is 0 Å². The molecule has 146 valence electrons. The summed E-state index contributed by atoms with van der Waals surface area (Å²) in [7, 11) is 0. The fraction of sp³-hybridized carbons (Fsp3) is 0.381. The van der Waals surface area contributed by atoms with E-state index in [2.05, 4.69) is 27.3 Å². The zero-order chi connectivity index (χ0) is 19.5. The molecule has 0 atom stereocenters. The zero-order valence-corrected chi connectivity index (χ0v) is 16.8. The van der Waals surface area contributed by atoms with Gasteiger partial charge in [-0.05, 0) is 49.2 Å². The van der Waals surface area contributed by atoms with E-state index < -0.39 is 0 Å². The van der Waals surface area contributed by atoms with Crippen molar-refractivity contribution in [3.8, 4) is 0 Å². The molecule has 7 heteroatoms. The number of aromatic nitrogens is 3. The highest BCUT2D eigenvalue weighted by molar-refractivity contribution is 6.30. The smallest absolute Gasteiger partial charge is 0.253 e. The molecule has 1 saturated heterocycles. The first-order valence-electron chi connectivity index (χ1n) is 9.73. The van der Waals surface area contributed by atoms with Gasteiger partial charge in [0, 0.05) is 49.9 Å². The largest absolute Gasteiger partial charge is 0.337 e. The van der Waals surface area contributed by atoms with E-state index in [9.17, 15) is 4.79 Å². The molecule has 0 unspecified atom stereocenters. The average molecular weight is 398 g/mol. The first kappa shape index (κ1) is 18.9. The molecule has 2 aromatic carbocycles. The van der Waals surface area contributed by atoms with Crippen LogP contribution < -0.4 is 0 Å². The first-order chi connectivity index (χ1) is 13.6. The van der Waals surface area contributed by atoms with E-state index in [4.69, 9.17) is 11.6 Å². The van der Waals surface area contributed by atoms with Gasteiger partial charge < -0.3 is 4.90 Å². The second kappa shape index (κ2) is 8.29. The molecule has 1 aliphatic rings. The Morgan fingerprint density at radius 1 is 1.07 bits per heavy atom. The van der Waals surface area contributed by atoms with E-state index in [0.717, 1.165) is 61.7 Å². The van der Waals surface area contributed by atoms with E-state index in [0.29, 0.717) is 5.56 Å². The lowest BCUT2D eigenvalue weighted by Gasteiger charge is -2.22. The minimum absolute atomic E-state index is 0.0706. The number of hydrogen-bond acceptors (Lipinski definition) is 4. The van der Waals surface area contributed by atoms with E-state index in [-0.39, 0.29) is 5.91 Å². The number of hydrogen-bond donors (Lipinski definition) is 0. The number of nitrogens with zero attached hydrogens (tertiary/aromatic N) is 5. The Balaban J connectivity index is 1.42. The monoisotopic (exact) mass is 397 g/mol. The van der Waals surface area contributed by atoms with Crippen molar-refractivity contribution in [1.82, 2.24) is 24.8 Å². The molecule has 1 amide bonds. The predicted molar refractivity (Wildman–Crippen MR) is 110 cm³/mol. The average Bonchev–Trinajstić information content (AvgIpc) is 2.99. The predicted octanol–water partition coefficient (Wildman–Crippen LogP) is 3.45. The Labute approximate surface area is 169 Å². The normalized spacial score (nSPS) is 15.7. The molecular weight excluding hydrogens is 374 g/mol. The van der Waals surface area contributed by atoms with Crippen molar-refractivity contribution in [3.63, 3.8) is 0 Å². The van der Waals surface area contributed by atoms with E-state index in [1.165, 1.54) is 5.56 Å². The summed E-state index contributed by atoms with van der Waals surface area (Å²) in [6.07, 6.45) is 0.966. The Morgan fingerprint density at radius 3 is 2.68 bits per heavy atom. The molecule has 3 aromatic rings. The van der Waals surface area contributed by atoms with Crippen LogP contribution >= 0.6 is 11.6 Å². The van der Waals surface area contributed by atoms with E-state index in [1.807, 2.05) is 46.8 Å². The third-order valence-electron chi connectivity index (χ3n) is 5.26. The van der Waals surface area contributed by atoms with Crippen LogP contribution in [0.5, 0.6) is 0 Å². The molecule has 6 nitrogen and oxygen atoms in total. The Hall–Kier alpha value is -2.44. The third kappa shape index (κ3) is 4.03. The van der Waals surface area contributed by atoms with Crippen molar-refractivity contribution >= 4 is 28.5 Å². The number of halogens is 1. The maximum absolute atomic E-state index is 13.0. The fourth-order valence-corrected chi connectivity index (χ4v) is 3.83. The maximum atomic E-state index is 13.0. The van der Waals surface area contributed by atoms with Gasteiger partial charge in [0.1, 0.15) is 5.52 Å². The summed E-state index contributed by atoms with van der Waals surface area (Å²) in [5.41, 5.74) is 3.66. The quantitative estimate of drug-likeness (QED) is 0.676. The number of amides is 1. The molecule has 0 bridgehead atoms. The summed E-state index contributed by atoms with van der Waals surface area (Å²) in [5, 5.41) is 9.07. The standard InChI is InChI=1S/C21H24ClN5O/c1-2-27-20-9-6-17(14-19(20)23-24-27)21(28)26-11-3-10-25(12-13-26)15-16-4-7-18(22)8-5-16/h4-9,14H,2-3,10-13,15H2,1H3. The molecule has 1 fully saturated rings. The molecule has 1 aliphatic heterocycles. The molecule has 0 radical (unpaired) electrons. The van der Waals surface area contributed by atoms with Gasteiger partial charge in [-0.3, -0.25) is 9.69 Å². The highest BCUT2D eigenvalue weighted by Gasteiger charge is 2.21. The summed E-state index contributed by atoms with van der Waals surface area (Å²) < 4.78 is 1.84. The Morgan fingerprint density at radius 2 is 1.89 bits per heavy atom. The SMILES string of the molecule is CCn1nnc2cc(C(=O)N3CCCN(Cc4ccc(Cl)cc4)CC3)ccc21.